The Morgan fingerprint density at radius 1 is 1.45 bits per heavy atom. The quantitative estimate of drug-likeness (QED) is 0.420. The molecule has 2 saturated carbocycles. The largest absolute Gasteiger partial charge is 0.462 e. The van der Waals surface area contributed by atoms with Crippen molar-refractivity contribution < 1.29 is 23.8 Å². The molecule has 5 heteroatoms. The van der Waals surface area contributed by atoms with Crippen LogP contribution in [0.4, 0.5) is 0 Å². The second-order valence-electron chi connectivity index (χ2n) is 7.44. The molecule has 2 aliphatic heterocycles. The molecule has 4 rings (SSSR count). The van der Waals surface area contributed by atoms with Crippen LogP contribution in [0.5, 0.6) is 0 Å². The normalized spacial score (nSPS) is 52.2. The first kappa shape index (κ1) is 14.2. The Morgan fingerprint density at radius 2 is 2.18 bits per heavy atom. The summed E-state index contributed by atoms with van der Waals surface area (Å²) in [6.45, 7) is 9.63. The summed E-state index contributed by atoms with van der Waals surface area (Å²) < 4.78 is 17.2. The maximum Gasteiger partial charge on any atom is 0.309 e. The van der Waals surface area contributed by atoms with E-state index in [9.17, 15) is 9.59 Å². The third-order valence-corrected chi connectivity index (χ3v) is 6.21. The minimum absolute atomic E-state index is 0.108. The summed E-state index contributed by atoms with van der Waals surface area (Å²) in [5.74, 6) is -0.461. The number of esters is 2. The highest BCUT2D eigenvalue weighted by molar-refractivity contribution is 5.75. The molecule has 0 unspecified atom stereocenters. The van der Waals surface area contributed by atoms with Gasteiger partial charge in [0, 0.05) is 25.2 Å². The Hall–Kier alpha value is -1.36. The van der Waals surface area contributed by atoms with Crippen LogP contribution in [-0.4, -0.2) is 35.9 Å². The van der Waals surface area contributed by atoms with Gasteiger partial charge >= 0.3 is 11.9 Å². The van der Waals surface area contributed by atoms with Crippen LogP contribution < -0.4 is 0 Å². The predicted molar refractivity (Wildman–Crippen MR) is 76.7 cm³/mol. The van der Waals surface area contributed by atoms with E-state index in [0.29, 0.717) is 6.42 Å². The topological polar surface area (TPSA) is 65.1 Å². The van der Waals surface area contributed by atoms with Crippen LogP contribution in [-0.2, 0) is 23.8 Å². The molecule has 4 aliphatic rings. The molecule has 8 atom stereocenters. The van der Waals surface area contributed by atoms with E-state index in [1.807, 2.05) is 6.92 Å². The molecule has 22 heavy (non-hydrogen) atoms. The molecule has 0 aromatic heterocycles. The molecule has 2 saturated heterocycles. The molecule has 0 aromatic rings. The van der Waals surface area contributed by atoms with Gasteiger partial charge in [0.05, 0.1) is 17.6 Å². The van der Waals surface area contributed by atoms with Crippen LogP contribution in [0.15, 0.2) is 12.2 Å². The second kappa shape index (κ2) is 4.34. The van der Waals surface area contributed by atoms with Gasteiger partial charge in [0.15, 0.2) is 0 Å². The maximum absolute atomic E-state index is 12.2. The zero-order valence-corrected chi connectivity index (χ0v) is 13.2. The summed E-state index contributed by atoms with van der Waals surface area (Å²) in [5.41, 5.74) is 0.886. The number of epoxide rings is 1. The second-order valence-corrected chi connectivity index (χ2v) is 7.44. The molecular formula is C17H22O5. The van der Waals surface area contributed by atoms with Crippen LogP contribution in [0, 0.1) is 23.7 Å². The lowest BCUT2D eigenvalue weighted by Crippen LogP contribution is -2.41. The first-order valence-electron chi connectivity index (χ1n) is 8.06. The Bertz CT molecular complexity index is 569. The van der Waals surface area contributed by atoms with Crippen LogP contribution >= 0.6 is 0 Å². The summed E-state index contributed by atoms with van der Waals surface area (Å²) in [7, 11) is 0. The van der Waals surface area contributed by atoms with E-state index < -0.39 is 0 Å². The zero-order valence-electron chi connectivity index (χ0n) is 13.2. The van der Waals surface area contributed by atoms with Gasteiger partial charge in [-0.05, 0) is 19.3 Å². The Labute approximate surface area is 130 Å². The molecule has 0 radical (unpaired) electrons. The maximum atomic E-state index is 12.2. The standard InChI is InChI=1S/C17H22O5/c1-7-5-11(20-9(3)18)13-8(2)16(19)21-15(13)14-10(7)6-12-17(14,4)22-12/h8,10-15H,1,5-6H2,2-4H3/t8-,10-,11+,12+,13-,14-,15+,17-/m0/s1. The SMILES string of the molecule is C=C1C[C@@H](OC(C)=O)[C@H]2[C@@H](OC(=O)[C@H]2C)[C@@H]2[C@H]1C[C@H]1O[C@]21C. The Balaban J connectivity index is 1.74. The van der Waals surface area contributed by atoms with Gasteiger partial charge in [-0.3, -0.25) is 9.59 Å². The van der Waals surface area contributed by atoms with Crippen molar-refractivity contribution >= 4 is 11.9 Å². The van der Waals surface area contributed by atoms with E-state index in [1.54, 1.807) is 0 Å². The van der Waals surface area contributed by atoms with E-state index in [0.717, 1.165) is 12.0 Å². The molecule has 0 spiro atoms. The van der Waals surface area contributed by atoms with E-state index in [-0.39, 0.29) is 59.5 Å². The summed E-state index contributed by atoms with van der Waals surface area (Å²) in [6, 6.07) is 0. The van der Waals surface area contributed by atoms with E-state index >= 15 is 0 Å². The van der Waals surface area contributed by atoms with Crippen molar-refractivity contribution in [1.82, 2.24) is 0 Å². The number of hydrogen-bond donors (Lipinski definition) is 0. The lowest BCUT2D eigenvalue weighted by atomic mass is 9.77. The lowest BCUT2D eigenvalue weighted by Gasteiger charge is -2.31. The minimum Gasteiger partial charge on any atom is -0.462 e. The van der Waals surface area contributed by atoms with Gasteiger partial charge in [-0.2, -0.15) is 0 Å². The number of carbonyl (C=O) groups excluding carboxylic acids is 2. The molecule has 4 fully saturated rings. The number of rotatable bonds is 1. The number of ether oxygens (including phenoxy) is 3. The number of hydrogen-bond acceptors (Lipinski definition) is 5. The Morgan fingerprint density at radius 3 is 2.86 bits per heavy atom. The molecular weight excluding hydrogens is 284 g/mol. The fourth-order valence-electron chi connectivity index (χ4n) is 5.09. The highest BCUT2D eigenvalue weighted by Crippen LogP contribution is 2.63. The molecule has 2 heterocycles. The smallest absolute Gasteiger partial charge is 0.309 e. The zero-order chi connectivity index (χ0) is 15.8. The van der Waals surface area contributed by atoms with Crippen molar-refractivity contribution in [3.8, 4) is 0 Å². The average Bonchev–Trinajstić information content (AvgIpc) is 2.88. The van der Waals surface area contributed by atoms with Crippen molar-refractivity contribution in [1.29, 1.82) is 0 Å². The summed E-state index contributed by atoms with van der Waals surface area (Å²) in [5, 5.41) is 0. The van der Waals surface area contributed by atoms with Crippen LogP contribution in [0.1, 0.15) is 33.6 Å². The fourth-order valence-corrected chi connectivity index (χ4v) is 5.09. The predicted octanol–water partition coefficient (Wildman–Crippen LogP) is 1.85. The van der Waals surface area contributed by atoms with Gasteiger partial charge in [-0.15, -0.1) is 0 Å². The van der Waals surface area contributed by atoms with Crippen molar-refractivity contribution in [2.45, 2.75) is 57.5 Å². The van der Waals surface area contributed by atoms with E-state index in [4.69, 9.17) is 14.2 Å². The molecule has 0 N–H and O–H groups in total. The van der Waals surface area contributed by atoms with Gasteiger partial charge in [0.25, 0.3) is 0 Å². The van der Waals surface area contributed by atoms with Gasteiger partial charge in [0.2, 0.25) is 0 Å². The van der Waals surface area contributed by atoms with E-state index in [2.05, 4.69) is 13.5 Å². The molecule has 0 bridgehead atoms. The summed E-state index contributed by atoms with van der Waals surface area (Å²) >= 11 is 0. The van der Waals surface area contributed by atoms with E-state index in [1.165, 1.54) is 6.92 Å². The van der Waals surface area contributed by atoms with Crippen molar-refractivity contribution in [2.24, 2.45) is 23.7 Å². The molecule has 0 aromatic carbocycles. The third kappa shape index (κ3) is 1.75. The van der Waals surface area contributed by atoms with Crippen molar-refractivity contribution in [3.63, 3.8) is 0 Å². The van der Waals surface area contributed by atoms with Gasteiger partial charge in [-0.1, -0.05) is 19.1 Å². The molecule has 2 aliphatic carbocycles. The van der Waals surface area contributed by atoms with Gasteiger partial charge in [-0.25, -0.2) is 0 Å². The van der Waals surface area contributed by atoms with Crippen LogP contribution in [0.25, 0.3) is 0 Å². The number of fused-ring (bicyclic) bond motifs is 5. The molecule has 0 amide bonds. The van der Waals surface area contributed by atoms with Crippen molar-refractivity contribution in [3.05, 3.63) is 12.2 Å². The van der Waals surface area contributed by atoms with Gasteiger partial charge < -0.3 is 14.2 Å². The third-order valence-electron chi connectivity index (χ3n) is 6.21. The minimum atomic E-state index is -0.331. The van der Waals surface area contributed by atoms with Gasteiger partial charge in [0.1, 0.15) is 12.2 Å². The lowest BCUT2D eigenvalue weighted by molar-refractivity contribution is -0.151. The number of carbonyl (C=O) groups is 2. The van der Waals surface area contributed by atoms with Crippen LogP contribution in [0.3, 0.4) is 0 Å². The first-order chi connectivity index (χ1) is 10.3. The average molecular weight is 306 g/mol. The monoisotopic (exact) mass is 306 g/mol. The first-order valence-corrected chi connectivity index (χ1v) is 8.06. The molecule has 120 valence electrons. The molecule has 5 nitrogen and oxygen atoms in total. The Kier molecular flexibility index (Phi) is 2.81. The highest BCUT2D eigenvalue weighted by Gasteiger charge is 2.72. The summed E-state index contributed by atoms with van der Waals surface area (Å²) in [6.07, 6.45) is 1.23. The fraction of sp³-hybridized carbons (Fsp3) is 0.765. The van der Waals surface area contributed by atoms with Crippen LogP contribution in [0.2, 0.25) is 0 Å². The summed E-state index contributed by atoms with van der Waals surface area (Å²) in [4.78, 5) is 23.6. The highest BCUT2D eigenvalue weighted by atomic mass is 16.6. The van der Waals surface area contributed by atoms with Crippen molar-refractivity contribution in [2.75, 3.05) is 0 Å².